The third kappa shape index (κ3) is 4.78. The van der Waals surface area contributed by atoms with Crippen molar-refractivity contribution in [3.8, 4) is 0 Å². The third-order valence-electron chi connectivity index (χ3n) is 3.08. The molecular weight excluding hydrogens is 208 g/mol. The van der Waals surface area contributed by atoms with Crippen LogP contribution < -0.4 is 10.2 Å². The first-order chi connectivity index (χ1) is 8.00. The Morgan fingerprint density at radius 2 is 1.65 bits per heavy atom. The number of rotatable bonds is 6. The van der Waals surface area contributed by atoms with Gasteiger partial charge in [0, 0.05) is 25.8 Å². The largest absolute Gasteiger partial charge is 0.378 e. The van der Waals surface area contributed by atoms with Gasteiger partial charge in [0.1, 0.15) is 0 Å². The first-order valence-corrected chi connectivity index (χ1v) is 6.51. The zero-order chi connectivity index (χ0) is 12.8. The van der Waals surface area contributed by atoms with E-state index in [1.165, 1.54) is 17.7 Å². The smallest absolute Gasteiger partial charge is 0.0361 e. The first-order valence-electron chi connectivity index (χ1n) is 6.51. The molecular formula is C15H26N2. The Bertz CT molecular complexity index is 314. The Balaban J connectivity index is 2.48. The minimum Gasteiger partial charge on any atom is -0.378 e. The van der Waals surface area contributed by atoms with Gasteiger partial charge >= 0.3 is 0 Å². The molecule has 17 heavy (non-hydrogen) atoms. The zero-order valence-electron chi connectivity index (χ0n) is 11.8. The molecule has 0 saturated heterocycles. The Kier molecular flexibility index (Phi) is 5.49. The summed E-state index contributed by atoms with van der Waals surface area (Å²) in [6.07, 6.45) is 1.24. The molecule has 0 aliphatic rings. The second kappa shape index (κ2) is 6.65. The summed E-state index contributed by atoms with van der Waals surface area (Å²) in [5.41, 5.74) is 2.61. The Labute approximate surface area is 106 Å². The highest BCUT2D eigenvalue weighted by atomic mass is 15.1. The van der Waals surface area contributed by atoms with E-state index in [1.807, 2.05) is 0 Å². The lowest BCUT2D eigenvalue weighted by molar-refractivity contribution is 0.497. The lowest BCUT2D eigenvalue weighted by Crippen LogP contribution is -2.21. The summed E-state index contributed by atoms with van der Waals surface area (Å²) in [7, 11) is 4.14. The van der Waals surface area contributed by atoms with Crippen LogP contribution in [0.15, 0.2) is 24.3 Å². The molecule has 1 unspecified atom stereocenters. The van der Waals surface area contributed by atoms with Gasteiger partial charge in [-0.2, -0.15) is 0 Å². The van der Waals surface area contributed by atoms with Gasteiger partial charge in [-0.15, -0.1) is 0 Å². The molecule has 0 heterocycles. The van der Waals surface area contributed by atoms with E-state index in [9.17, 15) is 0 Å². The number of nitrogens with one attached hydrogen (secondary N) is 1. The Hall–Kier alpha value is -1.02. The molecule has 1 N–H and O–H groups in total. The molecule has 0 bridgehead atoms. The first kappa shape index (κ1) is 14.0. The highest BCUT2D eigenvalue weighted by Crippen LogP contribution is 2.17. The van der Waals surface area contributed by atoms with E-state index in [4.69, 9.17) is 0 Å². The molecule has 1 aromatic carbocycles. The van der Waals surface area contributed by atoms with Crippen LogP contribution in [-0.2, 0) is 0 Å². The van der Waals surface area contributed by atoms with E-state index in [-0.39, 0.29) is 0 Å². The van der Waals surface area contributed by atoms with Gasteiger partial charge in [0.05, 0.1) is 0 Å². The molecule has 1 aromatic rings. The highest BCUT2D eigenvalue weighted by Gasteiger charge is 2.05. The maximum Gasteiger partial charge on any atom is 0.0361 e. The third-order valence-corrected chi connectivity index (χ3v) is 3.08. The number of hydrogen-bond acceptors (Lipinski definition) is 2. The second-order valence-electron chi connectivity index (χ2n) is 5.34. The Morgan fingerprint density at radius 3 is 2.12 bits per heavy atom. The molecule has 0 spiro atoms. The summed E-state index contributed by atoms with van der Waals surface area (Å²) in [5, 5.41) is 3.57. The zero-order valence-corrected chi connectivity index (χ0v) is 11.8. The van der Waals surface area contributed by atoms with Gasteiger partial charge in [0.25, 0.3) is 0 Å². The summed E-state index contributed by atoms with van der Waals surface area (Å²) in [6.45, 7) is 7.84. The normalized spacial score (nSPS) is 12.8. The molecule has 0 aliphatic carbocycles. The summed E-state index contributed by atoms with van der Waals surface area (Å²) in [6, 6.07) is 9.21. The van der Waals surface area contributed by atoms with E-state index in [1.54, 1.807) is 0 Å². The van der Waals surface area contributed by atoms with Gasteiger partial charge in [-0.05, 0) is 43.5 Å². The summed E-state index contributed by atoms with van der Waals surface area (Å²) < 4.78 is 0. The van der Waals surface area contributed by atoms with Crippen molar-refractivity contribution in [3.05, 3.63) is 29.8 Å². The number of anilines is 1. The van der Waals surface area contributed by atoms with Gasteiger partial charge in [0.15, 0.2) is 0 Å². The molecule has 1 atom stereocenters. The van der Waals surface area contributed by atoms with Crippen LogP contribution in [0.4, 0.5) is 5.69 Å². The van der Waals surface area contributed by atoms with Crippen LogP contribution in [0.2, 0.25) is 0 Å². The number of nitrogens with zero attached hydrogens (tertiary/aromatic N) is 1. The number of hydrogen-bond donors (Lipinski definition) is 1. The highest BCUT2D eigenvalue weighted by molar-refractivity contribution is 5.46. The summed E-state index contributed by atoms with van der Waals surface area (Å²) in [4.78, 5) is 2.13. The predicted molar refractivity (Wildman–Crippen MR) is 76.6 cm³/mol. The quantitative estimate of drug-likeness (QED) is 0.811. The molecule has 0 amide bonds. The molecule has 0 saturated carbocycles. The van der Waals surface area contributed by atoms with Crippen molar-refractivity contribution < 1.29 is 0 Å². The van der Waals surface area contributed by atoms with Crippen LogP contribution in [0.3, 0.4) is 0 Å². The predicted octanol–water partition coefficient (Wildman–Crippen LogP) is 3.45. The van der Waals surface area contributed by atoms with E-state index in [2.05, 4.69) is 69.3 Å². The van der Waals surface area contributed by atoms with Gasteiger partial charge in [-0.25, -0.2) is 0 Å². The van der Waals surface area contributed by atoms with Gasteiger partial charge in [0.2, 0.25) is 0 Å². The van der Waals surface area contributed by atoms with Crippen LogP contribution in [-0.4, -0.2) is 20.6 Å². The standard InChI is InChI=1S/C15H26N2/c1-12(2)10-11-16-13(3)14-6-8-15(9-7-14)17(4)5/h6-9,12-13,16H,10-11H2,1-5H3. The van der Waals surface area contributed by atoms with E-state index in [0.717, 1.165) is 12.5 Å². The molecule has 0 radical (unpaired) electrons. The van der Waals surface area contributed by atoms with Gasteiger partial charge in [-0.3, -0.25) is 0 Å². The van der Waals surface area contributed by atoms with Crippen molar-refractivity contribution in [3.63, 3.8) is 0 Å². The number of benzene rings is 1. The van der Waals surface area contributed by atoms with Crippen LogP contribution >= 0.6 is 0 Å². The molecule has 0 fully saturated rings. The van der Waals surface area contributed by atoms with E-state index < -0.39 is 0 Å². The van der Waals surface area contributed by atoms with Crippen molar-refractivity contribution >= 4 is 5.69 Å². The van der Waals surface area contributed by atoms with E-state index >= 15 is 0 Å². The summed E-state index contributed by atoms with van der Waals surface area (Å²) in [5.74, 6) is 0.769. The Morgan fingerprint density at radius 1 is 1.06 bits per heavy atom. The maximum atomic E-state index is 3.57. The van der Waals surface area contributed by atoms with Crippen LogP contribution in [0.1, 0.15) is 38.8 Å². The average Bonchev–Trinajstić information content (AvgIpc) is 2.28. The second-order valence-corrected chi connectivity index (χ2v) is 5.34. The van der Waals surface area contributed by atoms with Gasteiger partial charge < -0.3 is 10.2 Å². The fourth-order valence-corrected chi connectivity index (χ4v) is 1.77. The fraction of sp³-hybridized carbons (Fsp3) is 0.600. The van der Waals surface area contributed by atoms with Crippen molar-refractivity contribution in [1.29, 1.82) is 0 Å². The van der Waals surface area contributed by atoms with Crippen molar-refractivity contribution in [2.45, 2.75) is 33.2 Å². The minimum absolute atomic E-state index is 0.435. The fourth-order valence-electron chi connectivity index (χ4n) is 1.77. The van der Waals surface area contributed by atoms with Crippen LogP contribution in [0, 0.1) is 5.92 Å². The van der Waals surface area contributed by atoms with Gasteiger partial charge in [-0.1, -0.05) is 26.0 Å². The average molecular weight is 234 g/mol. The maximum absolute atomic E-state index is 3.57. The molecule has 96 valence electrons. The monoisotopic (exact) mass is 234 g/mol. The van der Waals surface area contributed by atoms with Crippen molar-refractivity contribution in [1.82, 2.24) is 5.32 Å². The van der Waals surface area contributed by atoms with Crippen molar-refractivity contribution in [2.24, 2.45) is 5.92 Å². The molecule has 2 nitrogen and oxygen atoms in total. The molecule has 0 aliphatic heterocycles. The SMILES string of the molecule is CC(C)CCNC(C)c1ccc(N(C)C)cc1. The van der Waals surface area contributed by atoms with Crippen molar-refractivity contribution in [2.75, 3.05) is 25.5 Å². The minimum atomic E-state index is 0.435. The molecule has 1 rings (SSSR count). The van der Waals surface area contributed by atoms with Crippen LogP contribution in [0.25, 0.3) is 0 Å². The topological polar surface area (TPSA) is 15.3 Å². The molecule has 2 heteroatoms. The van der Waals surface area contributed by atoms with E-state index in [0.29, 0.717) is 6.04 Å². The summed E-state index contributed by atoms with van der Waals surface area (Å²) >= 11 is 0. The lowest BCUT2D eigenvalue weighted by atomic mass is 10.1. The molecule has 0 aromatic heterocycles. The lowest BCUT2D eigenvalue weighted by Gasteiger charge is -2.17. The van der Waals surface area contributed by atoms with Crippen LogP contribution in [0.5, 0.6) is 0 Å².